The largest absolute Gasteiger partial charge is 0.478 e. The third-order valence-corrected chi connectivity index (χ3v) is 3.33. The number of benzene rings is 1. The van der Waals surface area contributed by atoms with E-state index in [1.165, 1.54) is 6.07 Å². The second-order valence-electron chi connectivity index (χ2n) is 4.04. The van der Waals surface area contributed by atoms with Crippen LogP contribution in [0.2, 0.25) is 0 Å². The second-order valence-corrected chi connectivity index (χ2v) is 4.89. The van der Waals surface area contributed by atoms with Crippen molar-refractivity contribution in [3.63, 3.8) is 0 Å². The average Bonchev–Trinajstić information content (AvgIpc) is 2.34. The smallest absolute Gasteiger partial charge is 0.337 e. The van der Waals surface area contributed by atoms with Gasteiger partial charge < -0.3 is 16.2 Å². The number of nitrogens with one attached hydrogen (secondary N) is 1. The summed E-state index contributed by atoms with van der Waals surface area (Å²) >= 11 is 3.36. The third-order valence-electron chi connectivity index (χ3n) is 2.68. The number of nitrogens with zero attached hydrogens (tertiary/aromatic N) is 1. The first-order valence-corrected chi connectivity index (χ1v) is 6.28. The number of aromatic carboxylic acids is 1. The Morgan fingerprint density at radius 3 is 2.79 bits per heavy atom. The molecule has 0 bridgehead atoms. The van der Waals surface area contributed by atoms with E-state index in [4.69, 9.17) is 10.8 Å². The fourth-order valence-corrected chi connectivity index (χ4v) is 2.07. The van der Waals surface area contributed by atoms with Gasteiger partial charge in [0.05, 0.1) is 23.1 Å². The first-order valence-electron chi connectivity index (χ1n) is 5.49. The molecule has 0 spiro atoms. The molecule has 0 saturated heterocycles. The molecule has 0 amide bonds. The number of carbonyl (C=O) groups is 1. The lowest BCUT2D eigenvalue weighted by atomic mass is 10.1. The van der Waals surface area contributed by atoms with Crippen molar-refractivity contribution < 1.29 is 9.90 Å². The highest BCUT2D eigenvalue weighted by Gasteiger charge is 2.12. The first-order chi connectivity index (χ1) is 8.99. The van der Waals surface area contributed by atoms with Gasteiger partial charge in [-0.05, 0) is 46.6 Å². The van der Waals surface area contributed by atoms with E-state index >= 15 is 0 Å². The maximum Gasteiger partial charge on any atom is 0.337 e. The van der Waals surface area contributed by atoms with Crippen LogP contribution in [0.15, 0.2) is 35.1 Å². The number of carboxylic acid groups (broad SMARTS) is 1. The van der Waals surface area contributed by atoms with Gasteiger partial charge >= 0.3 is 5.97 Å². The molecule has 0 aliphatic heterocycles. The van der Waals surface area contributed by atoms with Gasteiger partial charge in [-0.15, -0.1) is 0 Å². The van der Waals surface area contributed by atoms with E-state index in [9.17, 15) is 4.79 Å². The molecule has 0 fully saturated rings. The van der Waals surface area contributed by atoms with Crippen molar-refractivity contribution in [2.24, 2.45) is 0 Å². The van der Waals surface area contributed by atoms with Crippen molar-refractivity contribution in [2.75, 3.05) is 11.1 Å². The first kappa shape index (κ1) is 13.4. The number of aryl methyl sites for hydroxylation is 1. The van der Waals surface area contributed by atoms with Crippen molar-refractivity contribution in [2.45, 2.75) is 6.92 Å². The van der Waals surface area contributed by atoms with E-state index in [1.807, 2.05) is 13.0 Å². The lowest BCUT2D eigenvalue weighted by molar-refractivity contribution is 0.0698. The van der Waals surface area contributed by atoms with E-state index in [0.717, 1.165) is 11.3 Å². The molecule has 0 radical (unpaired) electrons. The summed E-state index contributed by atoms with van der Waals surface area (Å²) in [4.78, 5) is 15.1. The number of hydrogen-bond donors (Lipinski definition) is 3. The van der Waals surface area contributed by atoms with Crippen molar-refractivity contribution in [1.29, 1.82) is 0 Å². The van der Waals surface area contributed by atoms with Gasteiger partial charge in [0.25, 0.3) is 0 Å². The van der Waals surface area contributed by atoms with Gasteiger partial charge in [0.15, 0.2) is 0 Å². The monoisotopic (exact) mass is 321 g/mol. The highest BCUT2D eigenvalue weighted by Crippen LogP contribution is 2.31. The summed E-state index contributed by atoms with van der Waals surface area (Å²) in [6.45, 7) is 1.94. The lowest BCUT2D eigenvalue weighted by Gasteiger charge is -2.12. The summed E-state index contributed by atoms with van der Waals surface area (Å²) in [5.74, 6) is -1.06. The third kappa shape index (κ3) is 2.85. The summed E-state index contributed by atoms with van der Waals surface area (Å²) < 4.78 is 0.693. The maximum absolute atomic E-state index is 11.1. The van der Waals surface area contributed by atoms with Crippen molar-refractivity contribution in [3.8, 4) is 0 Å². The SMILES string of the molecule is Cc1ccncc1Nc1cc(C(=O)O)c(N)cc1Br. The van der Waals surface area contributed by atoms with Crippen LogP contribution in [0.5, 0.6) is 0 Å². The number of nitrogen functional groups attached to an aromatic ring is 1. The molecule has 0 unspecified atom stereocenters. The van der Waals surface area contributed by atoms with Crippen molar-refractivity contribution in [1.82, 2.24) is 4.98 Å². The minimum atomic E-state index is -1.06. The minimum Gasteiger partial charge on any atom is -0.478 e. The van der Waals surface area contributed by atoms with Gasteiger partial charge in [0, 0.05) is 16.4 Å². The molecular weight excluding hydrogens is 310 g/mol. The molecule has 0 aliphatic rings. The van der Waals surface area contributed by atoms with Gasteiger partial charge in [0.2, 0.25) is 0 Å². The molecule has 4 N–H and O–H groups in total. The number of anilines is 3. The van der Waals surface area contributed by atoms with Crippen LogP contribution in [0, 0.1) is 6.92 Å². The number of rotatable bonds is 3. The minimum absolute atomic E-state index is 0.0623. The molecule has 19 heavy (non-hydrogen) atoms. The van der Waals surface area contributed by atoms with Gasteiger partial charge in [-0.3, -0.25) is 4.98 Å². The molecule has 0 atom stereocenters. The van der Waals surface area contributed by atoms with Gasteiger partial charge in [-0.25, -0.2) is 4.79 Å². The van der Waals surface area contributed by atoms with Crippen LogP contribution in [0.4, 0.5) is 17.1 Å². The van der Waals surface area contributed by atoms with Gasteiger partial charge in [0.1, 0.15) is 0 Å². The topological polar surface area (TPSA) is 88.2 Å². The molecule has 0 saturated carbocycles. The zero-order chi connectivity index (χ0) is 14.0. The standard InChI is InChI=1S/C13H12BrN3O2/c1-7-2-3-16-6-12(7)17-11-4-8(13(18)19)10(15)5-9(11)14/h2-6,17H,15H2,1H3,(H,18,19). The Kier molecular flexibility index (Phi) is 3.71. The number of carboxylic acids is 1. The zero-order valence-corrected chi connectivity index (χ0v) is 11.7. The molecule has 2 aromatic rings. The number of aromatic nitrogens is 1. The Bertz CT molecular complexity index is 644. The molecule has 2 rings (SSSR count). The highest BCUT2D eigenvalue weighted by molar-refractivity contribution is 9.10. The lowest BCUT2D eigenvalue weighted by Crippen LogP contribution is -2.04. The number of nitrogens with two attached hydrogens (primary N) is 1. The molecule has 5 nitrogen and oxygen atoms in total. The molecule has 0 aliphatic carbocycles. The molecule has 98 valence electrons. The summed E-state index contributed by atoms with van der Waals surface area (Å²) in [6, 6.07) is 4.93. The summed E-state index contributed by atoms with van der Waals surface area (Å²) in [5, 5.41) is 12.2. The quantitative estimate of drug-likeness (QED) is 0.755. The highest BCUT2D eigenvalue weighted by atomic mass is 79.9. The van der Waals surface area contributed by atoms with Crippen LogP contribution in [0.1, 0.15) is 15.9 Å². The Hall–Kier alpha value is -2.08. The summed E-state index contributed by atoms with van der Waals surface area (Å²) in [6.07, 6.45) is 3.37. The second kappa shape index (κ2) is 5.27. The van der Waals surface area contributed by atoms with Gasteiger partial charge in [-0.1, -0.05) is 0 Å². The Morgan fingerprint density at radius 1 is 1.42 bits per heavy atom. The number of halogens is 1. The van der Waals surface area contributed by atoms with Crippen LogP contribution in [0.3, 0.4) is 0 Å². The van der Waals surface area contributed by atoms with Crippen LogP contribution < -0.4 is 11.1 Å². The Labute approximate surface area is 118 Å². The Balaban J connectivity index is 2.43. The van der Waals surface area contributed by atoms with Crippen molar-refractivity contribution in [3.05, 3.63) is 46.2 Å². The van der Waals surface area contributed by atoms with E-state index < -0.39 is 5.97 Å². The zero-order valence-electron chi connectivity index (χ0n) is 10.1. The van der Waals surface area contributed by atoms with Crippen LogP contribution in [-0.2, 0) is 0 Å². The van der Waals surface area contributed by atoms with E-state index in [-0.39, 0.29) is 11.3 Å². The van der Waals surface area contributed by atoms with Crippen LogP contribution in [-0.4, -0.2) is 16.1 Å². The molecular formula is C13H12BrN3O2. The molecule has 1 heterocycles. The summed E-state index contributed by atoms with van der Waals surface area (Å²) in [7, 11) is 0. The maximum atomic E-state index is 11.1. The molecule has 6 heteroatoms. The number of hydrogen-bond acceptors (Lipinski definition) is 4. The van der Waals surface area contributed by atoms with E-state index in [2.05, 4.69) is 26.2 Å². The van der Waals surface area contributed by atoms with Crippen LogP contribution in [0.25, 0.3) is 0 Å². The van der Waals surface area contributed by atoms with E-state index in [1.54, 1.807) is 18.5 Å². The summed E-state index contributed by atoms with van der Waals surface area (Å²) in [5.41, 5.74) is 8.39. The van der Waals surface area contributed by atoms with Crippen molar-refractivity contribution >= 4 is 39.0 Å². The predicted octanol–water partition coefficient (Wildman–Crippen LogP) is 3.18. The molecule has 1 aromatic carbocycles. The average molecular weight is 322 g/mol. The molecule has 1 aromatic heterocycles. The number of pyridine rings is 1. The predicted molar refractivity (Wildman–Crippen MR) is 77.8 cm³/mol. The van der Waals surface area contributed by atoms with Crippen LogP contribution >= 0.6 is 15.9 Å². The van der Waals surface area contributed by atoms with E-state index in [0.29, 0.717) is 10.2 Å². The van der Waals surface area contributed by atoms with Gasteiger partial charge in [-0.2, -0.15) is 0 Å². The fraction of sp³-hybridized carbons (Fsp3) is 0.0769. The fourth-order valence-electron chi connectivity index (χ4n) is 1.61. The normalized spacial score (nSPS) is 10.2. The Morgan fingerprint density at radius 2 is 2.16 bits per heavy atom.